The Labute approximate surface area is 112 Å². The first-order chi connectivity index (χ1) is 7.67. The van der Waals surface area contributed by atoms with E-state index in [0.717, 1.165) is 10.2 Å². The van der Waals surface area contributed by atoms with Crippen molar-refractivity contribution >= 4 is 45.0 Å². The van der Waals surface area contributed by atoms with Gasteiger partial charge in [0.1, 0.15) is 0 Å². The van der Waals surface area contributed by atoms with E-state index in [1.165, 1.54) is 12.0 Å². The molecule has 6 heteroatoms. The molecule has 3 nitrogen and oxygen atoms in total. The summed E-state index contributed by atoms with van der Waals surface area (Å²) in [4.78, 5) is 12.2. The number of hydrogen-bond acceptors (Lipinski definition) is 5. The maximum absolute atomic E-state index is 11.0. The molecule has 0 amide bonds. The van der Waals surface area contributed by atoms with E-state index in [-0.39, 0.29) is 11.2 Å². The first-order valence-electron chi connectivity index (χ1n) is 4.79. The van der Waals surface area contributed by atoms with Gasteiger partial charge in [-0.1, -0.05) is 0 Å². The molecule has 0 saturated heterocycles. The summed E-state index contributed by atoms with van der Waals surface area (Å²) in [5, 5.41) is 2.31. The van der Waals surface area contributed by atoms with Crippen LogP contribution in [0.5, 0.6) is 0 Å². The number of nitrogens with two attached hydrogens (primary N) is 1. The summed E-state index contributed by atoms with van der Waals surface area (Å²) in [5.41, 5.74) is 5.72. The van der Waals surface area contributed by atoms with E-state index in [1.54, 1.807) is 23.1 Å². The standard InChI is InChI=1S/C10H14BrNO2S2/c1-14-10(13)2-3-15-9(5-12)8-4-7(11)6-16-8/h4,6,9H,2-3,5,12H2,1H3. The fraction of sp³-hybridized carbons (Fsp3) is 0.500. The Morgan fingerprint density at radius 2 is 2.50 bits per heavy atom. The first kappa shape index (κ1) is 14.0. The first-order valence-corrected chi connectivity index (χ1v) is 7.52. The fourth-order valence-corrected chi connectivity index (χ4v) is 3.90. The molecule has 0 fully saturated rings. The lowest BCUT2D eigenvalue weighted by Gasteiger charge is -2.11. The van der Waals surface area contributed by atoms with E-state index in [2.05, 4.69) is 26.7 Å². The third-order valence-corrected chi connectivity index (χ3v) is 5.22. The normalized spacial score (nSPS) is 12.4. The van der Waals surface area contributed by atoms with Crippen LogP contribution in [0.2, 0.25) is 0 Å². The summed E-state index contributed by atoms with van der Waals surface area (Å²) >= 11 is 6.80. The lowest BCUT2D eigenvalue weighted by molar-refractivity contribution is -0.140. The number of rotatable bonds is 6. The van der Waals surface area contributed by atoms with Crippen LogP contribution >= 0.6 is 39.0 Å². The Balaban J connectivity index is 2.41. The number of halogens is 1. The van der Waals surface area contributed by atoms with Gasteiger partial charge in [-0.3, -0.25) is 4.79 Å². The quantitative estimate of drug-likeness (QED) is 0.818. The van der Waals surface area contributed by atoms with E-state index in [9.17, 15) is 4.79 Å². The van der Waals surface area contributed by atoms with Gasteiger partial charge in [0.2, 0.25) is 0 Å². The van der Waals surface area contributed by atoms with Crippen molar-refractivity contribution in [3.63, 3.8) is 0 Å². The highest BCUT2D eigenvalue weighted by atomic mass is 79.9. The zero-order valence-corrected chi connectivity index (χ0v) is 12.2. The second-order valence-electron chi connectivity index (χ2n) is 3.09. The van der Waals surface area contributed by atoms with Crippen LogP contribution in [0, 0.1) is 0 Å². The average molecular weight is 324 g/mol. The van der Waals surface area contributed by atoms with Gasteiger partial charge in [-0.15, -0.1) is 11.3 Å². The monoisotopic (exact) mass is 323 g/mol. The van der Waals surface area contributed by atoms with E-state index in [0.29, 0.717) is 13.0 Å². The zero-order chi connectivity index (χ0) is 12.0. The Hall–Kier alpha value is -0.0400. The van der Waals surface area contributed by atoms with Crippen molar-refractivity contribution < 1.29 is 9.53 Å². The smallest absolute Gasteiger partial charge is 0.306 e. The van der Waals surface area contributed by atoms with Crippen molar-refractivity contribution in [1.82, 2.24) is 0 Å². The van der Waals surface area contributed by atoms with E-state index in [4.69, 9.17) is 5.73 Å². The van der Waals surface area contributed by atoms with Crippen molar-refractivity contribution in [1.29, 1.82) is 0 Å². The molecule has 0 spiro atoms. The number of hydrogen-bond donors (Lipinski definition) is 1. The SMILES string of the molecule is COC(=O)CCSC(CN)c1cc(Br)cs1. The van der Waals surface area contributed by atoms with Crippen molar-refractivity contribution in [2.75, 3.05) is 19.4 Å². The van der Waals surface area contributed by atoms with Crippen LogP contribution < -0.4 is 5.73 Å². The Kier molecular flexibility index (Phi) is 6.41. The summed E-state index contributed by atoms with van der Waals surface area (Å²) in [6.45, 7) is 0.582. The third kappa shape index (κ3) is 4.45. The molecule has 0 aliphatic heterocycles. The molecule has 16 heavy (non-hydrogen) atoms. The summed E-state index contributed by atoms with van der Waals surface area (Å²) < 4.78 is 5.67. The Morgan fingerprint density at radius 1 is 1.75 bits per heavy atom. The van der Waals surface area contributed by atoms with Gasteiger partial charge in [-0.05, 0) is 22.0 Å². The largest absolute Gasteiger partial charge is 0.469 e. The van der Waals surface area contributed by atoms with Gasteiger partial charge < -0.3 is 10.5 Å². The van der Waals surface area contributed by atoms with Gasteiger partial charge in [0.15, 0.2) is 0 Å². The molecule has 0 aromatic carbocycles. The molecule has 1 atom stereocenters. The third-order valence-electron chi connectivity index (χ3n) is 1.97. The van der Waals surface area contributed by atoms with Gasteiger partial charge in [0, 0.05) is 27.0 Å². The number of esters is 1. The van der Waals surface area contributed by atoms with Gasteiger partial charge >= 0.3 is 5.97 Å². The number of carbonyl (C=O) groups excluding carboxylic acids is 1. The lowest BCUT2D eigenvalue weighted by atomic mass is 10.3. The van der Waals surface area contributed by atoms with Crippen molar-refractivity contribution in [3.8, 4) is 0 Å². The fourth-order valence-electron chi connectivity index (χ4n) is 1.15. The van der Waals surface area contributed by atoms with Crippen LogP contribution in [0.4, 0.5) is 0 Å². The highest BCUT2D eigenvalue weighted by Gasteiger charge is 2.13. The topological polar surface area (TPSA) is 52.3 Å². The number of methoxy groups -OCH3 is 1. The predicted molar refractivity (Wildman–Crippen MR) is 72.9 cm³/mol. The summed E-state index contributed by atoms with van der Waals surface area (Å²) in [7, 11) is 1.41. The van der Waals surface area contributed by atoms with Crippen LogP contribution in [0.3, 0.4) is 0 Å². The van der Waals surface area contributed by atoms with Crippen molar-refractivity contribution in [2.45, 2.75) is 11.7 Å². The van der Waals surface area contributed by atoms with Crippen LogP contribution in [-0.2, 0) is 9.53 Å². The summed E-state index contributed by atoms with van der Waals surface area (Å²) in [6, 6.07) is 2.08. The molecule has 0 aliphatic carbocycles. The van der Waals surface area contributed by atoms with Crippen molar-refractivity contribution in [2.24, 2.45) is 5.73 Å². The van der Waals surface area contributed by atoms with Crippen molar-refractivity contribution in [3.05, 3.63) is 20.8 Å². The van der Waals surface area contributed by atoms with E-state index < -0.39 is 0 Å². The molecular weight excluding hydrogens is 310 g/mol. The lowest BCUT2D eigenvalue weighted by Crippen LogP contribution is -2.10. The second-order valence-corrected chi connectivity index (χ2v) is 6.26. The predicted octanol–water partition coefficient (Wildman–Crippen LogP) is 2.81. The number of thioether (sulfide) groups is 1. The molecule has 90 valence electrons. The Bertz CT molecular complexity index is 343. The highest BCUT2D eigenvalue weighted by Crippen LogP contribution is 2.34. The van der Waals surface area contributed by atoms with Crippen LogP contribution in [0.15, 0.2) is 15.9 Å². The van der Waals surface area contributed by atoms with Gasteiger partial charge in [0.25, 0.3) is 0 Å². The number of carbonyl (C=O) groups is 1. The summed E-state index contributed by atoms with van der Waals surface area (Å²) in [5.74, 6) is 0.569. The molecule has 1 rings (SSSR count). The molecule has 1 aromatic rings. The molecule has 2 N–H and O–H groups in total. The molecule has 1 heterocycles. The minimum atomic E-state index is -0.171. The van der Waals surface area contributed by atoms with Crippen LogP contribution in [-0.4, -0.2) is 25.4 Å². The maximum atomic E-state index is 11.0. The minimum Gasteiger partial charge on any atom is -0.469 e. The maximum Gasteiger partial charge on any atom is 0.306 e. The Morgan fingerprint density at radius 3 is 3.00 bits per heavy atom. The molecular formula is C10H14BrNO2S2. The molecule has 0 radical (unpaired) electrons. The van der Waals surface area contributed by atoms with Gasteiger partial charge in [-0.25, -0.2) is 0 Å². The van der Waals surface area contributed by atoms with Gasteiger partial charge in [-0.2, -0.15) is 11.8 Å². The molecule has 0 saturated carbocycles. The van der Waals surface area contributed by atoms with E-state index in [1.807, 2.05) is 5.38 Å². The molecule has 1 unspecified atom stereocenters. The minimum absolute atomic E-state index is 0.171. The number of ether oxygens (including phenoxy) is 1. The average Bonchev–Trinajstić information content (AvgIpc) is 2.70. The van der Waals surface area contributed by atoms with Gasteiger partial charge in [0.05, 0.1) is 18.8 Å². The second kappa shape index (κ2) is 7.32. The zero-order valence-electron chi connectivity index (χ0n) is 8.94. The number of thiophene rings is 1. The molecule has 0 bridgehead atoms. The van der Waals surface area contributed by atoms with E-state index >= 15 is 0 Å². The molecule has 0 aliphatic rings. The van der Waals surface area contributed by atoms with Crippen LogP contribution in [0.25, 0.3) is 0 Å². The molecule has 1 aromatic heterocycles. The summed E-state index contributed by atoms with van der Waals surface area (Å²) in [6.07, 6.45) is 0.435. The van der Waals surface area contributed by atoms with Crippen LogP contribution in [0.1, 0.15) is 16.5 Å². The highest BCUT2D eigenvalue weighted by molar-refractivity contribution is 9.10.